The summed E-state index contributed by atoms with van der Waals surface area (Å²) in [5, 5.41) is 1.91. The average Bonchev–Trinajstić information content (AvgIpc) is 2.38. The van der Waals surface area contributed by atoms with Gasteiger partial charge < -0.3 is 0 Å². The quantitative estimate of drug-likeness (QED) is 0.754. The number of rotatable bonds is 4. The van der Waals surface area contributed by atoms with Crippen LogP contribution < -0.4 is 4.46 Å². The Balaban J connectivity index is 1.84. The van der Waals surface area contributed by atoms with Gasteiger partial charge in [-0.15, -0.1) is 0 Å². The van der Waals surface area contributed by atoms with Crippen molar-refractivity contribution in [3.8, 4) is 0 Å². The molecule has 2 rings (SSSR count). The van der Waals surface area contributed by atoms with Gasteiger partial charge in [-0.3, -0.25) is 0 Å². The molecule has 86 valence electrons. The number of allylic oxidation sites excluding steroid dienone is 1. The van der Waals surface area contributed by atoms with Crippen molar-refractivity contribution in [1.29, 1.82) is 0 Å². The van der Waals surface area contributed by atoms with Crippen LogP contribution in [-0.4, -0.2) is 15.0 Å². The van der Waals surface area contributed by atoms with Crippen molar-refractivity contribution in [2.75, 3.05) is 0 Å². The fraction of sp³-hybridized carbons (Fsp3) is 0.0667. The first kappa shape index (κ1) is 12.4. The van der Waals surface area contributed by atoms with Gasteiger partial charge in [-0.25, -0.2) is 0 Å². The Hall–Kier alpha value is -1.01. The van der Waals surface area contributed by atoms with Crippen molar-refractivity contribution in [2.24, 2.45) is 0 Å². The van der Waals surface area contributed by atoms with E-state index in [-0.39, 0.29) is 0 Å². The van der Waals surface area contributed by atoms with E-state index in [1.807, 2.05) is 24.3 Å². The van der Waals surface area contributed by atoms with Crippen molar-refractivity contribution < 1.29 is 0 Å². The Labute approximate surface area is 113 Å². The van der Waals surface area contributed by atoms with Gasteiger partial charge in [0.25, 0.3) is 0 Å². The molecule has 0 N–H and O–H groups in total. The van der Waals surface area contributed by atoms with E-state index in [0.29, 0.717) is 15.0 Å². The normalized spacial score (nSPS) is 10.9. The zero-order valence-electron chi connectivity index (χ0n) is 9.34. The molecule has 0 aliphatic heterocycles. The van der Waals surface area contributed by atoms with E-state index >= 15 is 0 Å². The second kappa shape index (κ2) is 6.66. The summed E-state index contributed by atoms with van der Waals surface area (Å²) in [6, 6.07) is 18.5. The van der Waals surface area contributed by atoms with Gasteiger partial charge >= 0.3 is 114 Å². The monoisotopic (exact) mass is 308 g/mol. The molecule has 0 bridgehead atoms. The summed E-state index contributed by atoms with van der Waals surface area (Å²) >= 11 is 6.36. The first-order valence-corrected chi connectivity index (χ1v) is 7.89. The fourth-order valence-electron chi connectivity index (χ4n) is 1.42. The summed E-state index contributed by atoms with van der Waals surface area (Å²) in [6.07, 6.45) is 4.39. The van der Waals surface area contributed by atoms with Crippen molar-refractivity contribution in [3.05, 3.63) is 71.3 Å². The molecule has 0 radical (unpaired) electrons. The molecule has 2 aromatic carbocycles. The van der Waals surface area contributed by atoms with Crippen molar-refractivity contribution in [1.82, 2.24) is 0 Å². The molecule has 0 aliphatic rings. The van der Waals surface area contributed by atoms with Crippen LogP contribution in [0.15, 0.2) is 60.7 Å². The molecule has 0 fully saturated rings. The molecule has 0 spiro atoms. The Morgan fingerprint density at radius 1 is 0.941 bits per heavy atom. The molecule has 0 aromatic heterocycles. The van der Waals surface area contributed by atoms with Crippen LogP contribution in [0.1, 0.15) is 5.56 Å². The molecule has 0 amide bonds. The van der Waals surface area contributed by atoms with Crippen LogP contribution in [0.2, 0.25) is 10.3 Å². The first-order chi connectivity index (χ1) is 8.34. The van der Waals surface area contributed by atoms with Crippen molar-refractivity contribution in [3.63, 3.8) is 0 Å². The molecule has 0 unspecified atom stereocenters. The van der Waals surface area contributed by atoms with Gasteiger partial charge in [-0.05, 0) is 0 Å². The van der Waals surface area contributed by atoms with E-state index in [1.54, 1.807) is 0 Å². The number of hydrogen-bond donors (Lipinski definition) is 0. The van der Waals surface area contributed by atoms with Crippen molar-refractivity contribution in [2.45, 2.75) is 5.32 Å². The number of hydrogen-bond acceptors (Lipinski definition) is 0. The standard InChI is InChI=1S/C15H13ClSe/c16-14-10-8-13(9-11-14)5-4-12-17-15-6-2-1-3-7-15/h1-11H,12H2/b5-4+. The van der Waals surface area contributed by atoms with Crippen LogP contribution in [0.25, 0.3) is 6.08 Å². The van der Waals surface area contributed by atoms with E-state index in [2.05, 4.69) is 42.5 Å². The van der Waals surface area contributed by atoms with Crippen LogP contribution >= 0.6 is 11.6 Å². The molecule has 0 nitrogen and oxygen atoms in total. The van der Waals surface area contributed by atoms with E-state index in [9.17, 15) is 0 Å². The van der Waals surface area contributed by atoms with Crippen molar-refractivity contribution >= 4 is 37.1 Å². The first-order valence-electron chi connectivity index (χ1n) is 5.44. The topological polar surface area (TPSA) is 0 Å². The molecule has 0 saturated heterocycles. The van der Waals surface area contributed by atoms with Crippen LogP contribution in [0.5, 0.6) is 0 Å². The Kier molecular flexibility index (Phi) is 4.88. The molecule has 2 heteroatoms. The summed E-state index contributed by atoms with van der Waals surface area (Å²) in [7, 11) is 0. The zero-order chi connectivity index (χ0) is 11.9. The van der Waals surface area contributed by atoms with Gasteiger partial charge in [0, 0.05) is 0 Å². The predicted octanol–water partition coefficient (Wildman–Crippen LogP) is 3.80. The van der Waals surface area contributed by atoms with Crippen LogP contribution in [-0.2, 0) is 0 Å². The van der Waals surface area contributed by atoms with Gasteiger partial charge in [0.2, 0.25) is 0 Å². The second-order valence-electron chi connectivity index (χ2n) is 3.58. The minimum atomic E-state index is 0.532. The third-order valence-corrected chi connectivity index (χ3v) is 4.55. The summed E-state index contributed by atoms with van der Waals surface area (Å²) < 4.78 is 1.45. The van der Waals surface area contributed by atoms with Gasteiger partial charge in [0.05, 0.1) is 0 Å². The summed E-state index contributed by atoms with van der Waals surface area (Å²) in [6.45, 7) is 0. The minimum absolute atomic E-state index is 0.532. The molecule has 0 aliphatic carbocycles. The molecule has 17 heavy (non-hydrogen) atoms. The molecular weight excluding hydrogens is 295 g/mol. The number of benzene rings is 2. The third-order valence-electron chi connectivity index (χ3n) is 2.27. The molecule has 0 atom stereocenters. The number of halogens is 1. The van der Waals surface area contributed by atoms with Crippen LogP contribution in [0.4, 0.5) is 0 Å². The summed E-state index contributed by atoms with van der Waals surface area (Å²) in [5.74, 6) is 0. The Morgan fingerprint density at radius 3 is 2.35 bits per heavy atom. The van der Waals surface area contributed by atoms with Crippen LogP contribution in [0.3, 0.4) is 0 Å². The second-order valence-corrected chi connectivity index (χ2v) is 6.31. The van der Waals surface area contributed by atoms with Gasteiger partial charge in [0.1, 0.15) is 0 Å². The summed E-state index contributed by atoms with van der Waals surface area (Å²) in [5.41, 5.74) is 1.21. The molecule has 0 saturated carbocycles. The molecule has 0 heterocycles. The third kappa shape index (κ3) is 4.39. The van der Waals surface area contributed by atoms with Gasteiger partial charge in [-0.2, -0.15) is 0 Å². The molecule has 2 aromatic rings. The maximum atomic E-state index is 5.83. The van der Waals surface area contributed by atoms with E-state index < -0.39 is 0 Å². The van der Waals surface area contributed by atoms with Gasteiger partial charge in [-0.1, -0.05) is 0 Å². The van der Waals surface area contributed by atoms with Gasteiger partial charge in [0.15, 0.2) is 0 Å². The average molecular weight is 308 g/mol. The van der Waals surface area contributed by atoms with E-state index in [1.165, 1.54) is 10.0 Å². The van der Waals surface area contributed by atoms with E-state index in [4.69, 9.17) is 11.6 Å². The Morgan fingerprint density at radius 2 is 1.65 bits per heavy atom. The molecular formula is C15H13ClSe. The summed E-state index contributed by atoms with van der Waals surface area (Å²) in [4.78, 5) is 0. The predicted molar refractivity (Wildman–Crippen MR) is 77.1 cm³/mol. The van der Waals surface area contributed by atoms with Crippen LogP contribution in [0, 0.1) is 0 Å². The van der Waals surface area contributed by atoms with E-state index in [0.717, 1.165) is 10.3 Å². The Bertz CT molecular complexity index is 474. The SMILES string of the molecule is Clc1ccc(/C=C/C[Se]c2ccccc2)cc1. The zero-order valence-corrected chi connectivity index (χ0v) is 11.8. The maximum absolute atomic E-state index is 5.83. The fourth-order valence-corrected chi connectivity index (χ4v) is 3.09.